The molecule has 11 nitrogen and oxygen atoms in total. The third kappa shape index (κ3) is 21.9. The fourth-order valence-electron chi connectivity index (χ4n) is 6.19. The molecule has 0 amide bonds. The number of ether oxygens (including phenoxy) is 4. The summed E-state index contributed by atoms with van der Waals surface area (Å²) in [7, 11) is 16.8. The van der Waals surface area contributed by atoms with Gasteiger partial charge in [0, 0.05) is 41.4 Å². The molecule has 0 saturated carbocycles. The molecule has 0 aliphatic carbocycles. The van der Waals surface area contributed by atoms with Crippen molar-refractivity contribution in [3.63, 3.8) is 0 Å². The Kier molecular flexibility index (Phi) is 32.1. The van der Waals surface area contributed by atoms with Crippen LogP contribution in [-0.2, 0) is 64.5 Å². The normalized spacial score (nSPS) is 25.6. The molecular formula is C39H56B4O11S2. The summed E-state index contributed by atoms with van der Waals surface area (Å²) in [4.78, 5) is 23.7. The van der Waals surface area contributed by atoms with Gasteiger partial charge in [0.05, 0.1) is 32.5 Å². The molecule has 2 aromatic carbocycles. The van der Waals surface area contributed by atoms with E-state index in [9.17, 15) is 14.7 Å². The Bertz CT molecular complexity index is 1380. The summed E-state index contributed by atoms with van der Waals surface area (Å²) in [5.74, 6) is 5.56. The van der Waals surface area contributed by atoms with Gasteiger partial charge in [-0.05, 0) is 68.4 Å². The molecule has 6 radical (unpaired) electrons. The summed E-state index contributed by atoms with van der Waals surface area (Å²) in [6.45, 7) is 14.0. The largest absolute Gasteiger partial charge is 0.467 e. The van der Waals surface area contributed by atoms with Crippen LogP contribution in [0.4, 0.5) is 0 Å². The van der Waals surface area contributed by atoms with E-state index in [-0.39, 0.29) is 35.9 Å². The number of methoxy groups -OCH3 is 2. The third-order valence-electron chi connectivity index (χ3n) is 9.74. The lowest BCUT2D eigenvalue weighted by Crippen LogP contribution is -2.52. The molecule has 2 heterocycles. The smallest absolute Gasteiger partial charge is 0.335 e. The van der Waals surface area contributed by atoms with E-state index in [4.69, 9.17) is 35.8 Å². The Morgan fingerprint density at radius 2 is 0.964 bits per heavy atom. The second kappa shape index (κ2) is 32.8. The van der Waals surface area contributed by atoms with Gasteiger partial charge in [0.2, 0.25) is 0 Å². The van der Waals surface area contributed by atoms with Crippen molar-refractivity contribution in [1.82, 2.24) is 0 Å². The minimum Gasteiger partial charge on any atom is -0.467 e. The van der Waals surface area contributed by atoms with Crippen molar-refractivity contribution in [2.45, 2.75) is 105 Å². The van der Waals surface area contributed by atoms with E-state index in [1.807, 2.05) is 52.0 Å². The molecular weight excluding hydrogens is 752 g/mol. The maximum atomic E-state index is 11.9. The van der Waals surface area contributed by atoms with Crippen LogP contribution in [0.5, 0.6) is 0 Å². The molecule has 0 aromatic heterocycles. The molecule has 2 aliphatic heterocycles. The number of hydrogen-bond donors (Lipinski definition) is 1. The maximum absolute atomic E-state index is 11.9. The van der Waals surface area contributed by atoms with Gasteiger partial charge in [-0.1, -0.05) is 95.3 Å². The van der Waals surface area contributed by atoms with Crippen LogP contribution in [0, 0.1) is 41.4 Å². The van der Waals surface area contributed by atoms with Gasteiger partial charge in [-0.3, -0.25) is 0 Å². The lowest BCUT2D eigenvalue weighted by atomic mass is 9.08. The molecule has 4 rings (SSSR count). The van der Waals surface area contributed by atoms with Gasteiger partial charge >= 0.3 is 35.1 Å². The van der Waals surface area contributed by atoms with E-state index in [0.29, 0.717) is 11.8 Å². The molecule has 2 saturated heterocycles. The van der Waals surface area contributed by atoms with Crippen molar-refractivity contribution in [3.8, 4) is 11.8 Å². The van der Waals surface area contributed by atoms with Crippen LogP contribution in [0.2, 0.25) is 0 Å². The molecule has 56 heavy (non-hydrogen) atoms. The summed E-state index contributed by atoms with van der Waals surface area (Å²) in [6, 6.07) is 20.6. The fourth-order valence-corrected chi connectivity index (χ4v) is 6.19. The van der Waals surface area contributed by atoms with E-state index in [1.165, 1.54) is 25.3 Å². The van der Waals surface area contributed by atoms with Crippen LogP contribution >= 0.6 is 0 Å². The maximum Gasteiger partial charge on any atom is 0.335 e. The van der Waals surface area contributed by atoms with Crippen LogP contribution < -0.4 is 0 Å². The lowest BCUT2D eigenvalue weighted by molar-refractivity contribution is -0.193. The summed E-state index contributed by atoms with van der Waals surface area (Å²) in [6.07, 6.45) is 1.21. The first-order chi connectivity index (χ1) is 26.6. The quantitative estimate of drug-likeness (QED) is 0.235. The molecule has 2 aliphatic rings. The lowest BCUT2D eigenvalue weighted by Gasteiger charge is -2.42. The Labute approximate surface area is 346 Å². The molecule has 0 bridgehead atoms. The van der Waals surface area contributed by atoms with Gasteiger partial charge in [-0.15, -0.1) is 11.8 Å². The standard InChI is InChI=1S/C18H26O3.C17H24O4.C4H6.B4.2O2S/c1-12-13(2)16(11-10-15-8-6-5-7-9-15)21-17(14(12)3)18(19)20-4;1-11-14(10-9-13-7-5-4-6-8-13)21-16(17(19)20-3)12(2)15(11)18;1-3-4-2;1-4(2)3;2*1-3-2/h5-9,12-14,16-17H,10-11H2,1-4H3;4-8,11-12,14-16,18H,9-10H2,1-3H3;1-2H3;;;/t12-,13+,14-,16+,17+;11-,12-,14+,15-,16+;;;;/m11..../s1. The van der Waals surface area contributed by atoms with Crippen LogP contribution in [0.3, 0.4) is 0 Å². The molecule has 10 atom stereocenters. The van der Waals surface area contributed by atoms with Crippen molar-refractivity contribution in [3.05, 3.63) is 71.8 Å². The van der Waals surface area contributed by atoms with E-state index in [1.54, 1.807) is 0 Å². The Hall–Kier alpha value is -3.28. The van der Waals surface area contributed by atoms with Crippen molar-refractivity contribution >= 4 is 64.7 Å². The summed E-state index contributed by atoms with van der Waals surface area (Å²) < 4.78 is 54.8. The van der Waals surface area contributed by atoms with Gasteiger partial charge in [-0.2, -0.15) is 16.8 Å². The average Bonchev–Trinajstić information content (AvgIpc) is 3.19. The zero-order valence-corrected chi connectivity index (χ0v) is 35.7. The SMILES string of the molecule is CC#CC.COC(=O)[C@H]1O[C@@H](CCc2ccccc2)[C@@H](C)[C@@H](C)[C@H]1C.COC(=O)[C@H]1O[C@@H](CCc2ccccc2)[C@@H](C)[C@@H](O)[C@H]1C.O=S=O.O=S=O.[B]B([B])[B]. The highest BCUT2D eigenvalue weighted by molar-refractivity contribution is 7.52. The van der Waals surface area contributed by atoms with Gasteiger partial charge in [0.1, 0.15) is 0 Å². The second-order valence-corrected chi connectivity index (χ2v) is 13.6. The van der Waals surface area contributed by atoms with Crippen molar-refractivity contribution in [2.75, 3.05) is 14.2 Å². The number of carbonyl (C=O) groups is 2. The zero-order valence-electron chi connectivity index (χ0n) is 34.0. The third-order valence-corrected chi connectivity index (χ3v) is 9.74. The summed E-state index contributed by atoms with van der Waals surface area (Å²) in [5, 5.41) is 10.3. The van der Waals surface area contributed by atoms with Crippen LogP contribution in [0.1, 0.15) is 72.4 Å². The topological polar surface area (TPSA) is 160 Å². The molecule has 302 valence electrons. The van der Waals surface area contributed by atoms with Crippen molar-refractivity contribution in [2.24, 2.45) is 29.6 Å². The summed E-state index contributed by atoms with van der Waals surface area (Å²) >= 11 is -1.50. The van der Waals surface area contributed by atoms with Crippen LogP contribution in [0.15, 0.2) is 60.7 Å². The number of benzene rings is 2. The van der Waals surface area contributed by atoms with Crippen molar-refractivity contribution in [1.29, 1.82) is 0 Å². The average molecular weight is 808 g/mol. The first kappa shape index (κ1) is 54.8. The minimum absolute atomic E-state index is 0.00428. The first-order valence-corrected chi connectivity index (χ1v) is 19.6. The number of carbonyl (C=O) groups excluding carboxylic acids is 2. The molecule has 2 fully saturated rings. The van der Waals surface area contributed by atoms with E-state index < -0.39 is 53.8 Å². The van der Waals surface area contributed by atoms with Crippen molar-refractivity contribution < 1.29 is 50.5 Å². The minimum atomic E-state index is -0.750. The second-order valence-electron chi connectivity index (χ2n) is 13.3. The van der Waals surface area contributed by atoms with Gasteiger partial charge in [0.25, 0.3) is 0 Å². The molecule has 2 aromatic rings. The monoisotopic (exact) mass is 808 g/mol. The van der Waals surface area contributed by atoms with E-state index in [2.05, 4.69) is 92.2 Å². The highest BCUT2D eigenvalue weighted by Crippen LogP contribution is 2.37. The van der Waals surface area contributed by atoms with Gasteiger partial charge in [-0.25, -0.2) is 9.59 Å². The molecule has 0 spiro atoms. The number of aliphatic hydroxyl groups is 1. The van der Waals surface area contributed by atoms with Crippen LogP contribution in [-0.4, -0.2) is 108 Å². The van der Waals surface area contributed by atoms with Gasteiger partial charge < -0.3 is 24.1 Å². The zero-order chi connectivity index (χ0) is 43.2. The number of esters is 2. The number of aliphatic hydroxyl groups excluding tert-OH is 1. The van der Waals surface area contributed by atoms with Gasteiger partial charge in [0.15, 0.2) is 12.2 Å². The Morgan fingerprint density at radius 3 is 1.29 bits per heavy atom. The predicted molar refractivity (Wildman–Crippen MR) is 223 cm³/mol. The Balaban J connectivity index is 0. The highest BCUT2D eigenvalue weighted by atomic mass is 32.1. The number of aryl methyl sites for hydroxylation is 2. The number of hydrogen-bond acceptors (Lipinski definition) is 11. The molecule has 0 unspecified atom stereocenters. The Morgan fingerprint density at radius 1 is 0.643 bits per heavy atom. The molecule has 17 heteroatoms. The number of rotatable bonds is 8. The van der Waals surface area contributed by atoms with E-state index >= 15 is 0 Å². The predicted octanol–water partition coefficient (Wildman–Crippen LogP) is 3.83. The first-order valence-electron chi connectivity index (χ1n) is 18.2. The summed E-state index contributed by atoms with van der Waals surface area (Å²) in [5.41, 5.74) is 2.55. The molecule has 1 N–H and O–H groups in total. The van der Waals surface area contributed by atoms with E-state index in [0.717, 1.165) is 25.7 Å². The highest BCUT2D eigenvalue weighted by Gasteiger charge is 2.44. The fraction of sp³-hybridized carbons (Fsp3) is 0.590. The van der Waals surface area contributed by atoms with Crippen LogP contribution in [0.25, 0.3) is 0 Å².